The summed E-state index contributed by atoms with van der Waals surface area (Å²) in [7, 11) is 1.67. The quantitative estimate of drug-likeness (QED) is 0.706. The van der Waals surface area contributed by atoms with Gasteiger partial charge >= 0.3 is 0 Å². The van der Waals surface area contributed by atoms with Crippen molar-refractivity contribution in [3.63, 3.8) is 0 Å². The van der Waals surface area contributed by atoms with Crippen LogP contribution in [0, 0.1) is 0 Å². The van der Waals surface area contributed by atoms with Crippen LogP contribution < -0.4 is 4.74 Å². The fraction of sp³-hybridized carbons (Fsp3) is 0.571. The van der Waals surface area contributed by atoms with Crippen LogP contribution in [0.25, 0.3) is 0 Å². The Kier molecular flexibility index (Phi) is 8.05. The fourth-order valence-corrected chi connectivity index (χ4v) is 1.94. The third kappa shape index (κ3) is 6.38. The topological polar surface area (TPSA) is 47.9 Å². The summed E-state index contributed by atoms with van der Waals surface area (Å²) in [5.74, 6) is 0.685. The van der Waals surface area contributed by atoms with E-state index in [0.717, 1.165) is 16.5 Å². The molecule has 0 bridgehead atoms. The molecule has 1 rings (SSSR count). The summed E-state index contributed by atoms with van der Waals surface area (Å²) in [4.78, 5) is 0. The fourth-order valence-electron chi connectivity index (χ4n) is 1.60. The first-order valence-electron chi connectivity index (χ1n) is 6.32. The van der Waals surface area contributed by atoms with Gasteiger partial charge in [-0.05, 0) is 25.5 Å². The van der Waals surface area contributed by atoms with E-state index in [1.807, 2.05) is 18.2 Å². The lowest BCUT2D eigenvalue weighted by atomic mass is 10.1. The number of rotatable bonds is 9. The second-order valence-corrected chi connectivity index (χ2v) is 5.08. The van der Waals surface area contributed by atoms with Crippen molar-refractivity contribution in [2.75, 3.05) is 33.5 Å². The molecule has 0 aromatic heterocycles. The predicted octanol–water partition coefficient (Wildman–Crippen LogP) is 2.93. The molecule has 0 heterocycles. The highest BCUT2D eigenvalue weighted by Crippen LogP contribution is 2.28. The second-order valence-electron chi connectivity index (χ2n) is 4.17. The van der Waals surface area contributed by atoms with Crippen molar-refractivity contribution in [2.45, 2.75) is 19.4 Å². The Hall–Kier alpha value is -0.620. The van der Waals surface area contributed by atoms with Crippen LogP contribution in [0.4, 0.5) is 0 Å². The molecule has 0 radical (unpaired) electrons. The molecule has 1 aromatic carbocycles. The van der Waals surface area contributed by atoms with E-state index in [1.165, 1.54) is 0 Å². The van der Waals surface area contributed by atoms with Crippen molar-refractivity contribution in [2.24, 2.45) is 0 Å². The summed E-state index contributed by atoms with van der Waals surface area (Å²) in [5.41, 5.74) is 0.780. The minimum atomic E-state index is -0.550. The van der Waals surface area contributed by atoms with Crippen molar-refractivity contribution in [3.8, 4) is 5.75 Å². The van der Waals surface area contributed by atoms with E-state index >= 15 is 0 Å². The first kappa shape index (κ1) is 16.4. The van der Waals surface area contributed by atoms with Crippen LogP contribution in [0.15, 0.2) is 22.7 Å². The van der Waals surface area contributed by atoms with Crippen LogP contribution in [0.2, 0.25) is 0 Å². The summed E-state index contributed by atoms with van der Waals surface area (Å²) in [5, 5.41) is 9.65. The normalized spacial score (nSPS) is 12.4. The molecule has 0 spiro atoms. The lowest BCUT2D eigenvalue weighted by Crippen LogP contribution is -2.10. The summed E-state index contributed by atoms with van der Waals surface area (Å²) in [6, 6.07) is 5.59. The lowest BCUT2D eigenvalue weighted by Gasteiger charge is -2.14. The molecule has 1 N–H and O–H groups in total. The van der Waals surface area contributed by atoms with Gasteiger partial charge in [0.2, 0.25) is 0 Å². The first-order chi connectivity index (χ1) is 9.15. The van der Waals surface area contributed by atoms with Gasteiger partial charge in [0.05, 0.1) is 12.7 Å². The Bertz CT molecular complexity index is 368. The van der Waals surface area contributed by atoms with Crippen LogP contribution >= 0.6 is 15.9 Å². The molecule has 4 nitrogen and oxygen atoms in total. The summed E-state index contributed by atoms with van der Waals surface area (Å²) < 4.78 is 16.9. The van der Waals surface area contributed by atoms with Crippen molar-refractivity contribution >= 4 is 15.9 Å². The van der Waals surface area contributed by atoms with Crippen LogP contribution in [-0.2, 0) is 9.47 Å². The van der Waals surface area contributed by atoms with E-state index in [-0.39, 0.29) is 0 Å². The molecule has 0 amide bonds. The van der Waals surface area contributed by atoms with E-state index in [0.29, 0.717) is 32.2 Å². The maximum absolute atomic E-state index is 9.65. The zero-order chi connectivity index (χ0) is 14.1. The monoisotopic (exact) mass is 332 g/mol. The number of ether oxygens (including phenoxy) is 3. The van der Waals surface area contributed by atoms with Crippen molar-refractivity contribution in [3.05, 3.63) is 28.2 Å². The third-order valence-electron chi connectivity index (χ3n) is 2.55. The standard InChI is InChI=1S/C14H21BrO4/c1-11(16)13-5-4-12(15)10-14(13)19-9-8-18-7-3-6-17-2/h4-5,10-11,16H,3,6-9H2,1-2H3/t11-/m1/s1. The predicted molar refractivity (Wildman–Crippen MR) is 77.6 cm³/mol. The number of halogens is 1. The molecule has 108 valence electrons. The maximum Gasteiger partial charge on any atom is 0.126 e. The van der Waals surface area contributed by atoms with Gasteiger partial charge in [-0.25, -0.2) is 0 Å². The van der Waals surface area contributed by atoms with E-state index in [4.69, 9.17) is 14.2 Å². The first-order valence-corrected chi connectivity index (χ1v) is 7.11. The Balaban J connectivity index is 2.34. The molecular formula is C14H21BrO4. The Morgan fingerprint density at radius 3 is 2.68 bits per heavy atom. The molecular weight excluding hydrogens is 312 g/mol. The van der Waals surface area contributed by atoms with Gasteiger partial charge in [-0.2, -0.15) is 0 Å². The maximum atomic E-state index is 9.65. The van der Waals surface area contributed by atoms with Crippen LogP contribution in [0.3, 0.4) is 0 Å². The molecule has 5 heteroatoms. The molecule has 1 aromatic rings. The van der Waals surface area contributed by atoms with E-state index < -0.39 is 6.10 Å². The largest absolute Gasteiger partial charge is 0.491 e. The van der Waals surface area contributed by atoms with Crippen LogP contribution in [-0.4, -0.2) is 38.6 Å². The van der Waals surface area contributed by atoms with E-state index in [1.54, 1.807) is 14.0 Å². The van der Waals surface area contributed by atoms with Gasteiger partial charge in [-0.3, -0.25) is 0 Å². The summed E-state index contributed by atoms with van der Waals surface area (Å²) in [6.07, 6.45) is 0.331. The third-order valence-corrected chi connectivity index (χ3v) is 3.04. The molecule has 0 unspecified atom stereocenters. The van der Waals surface area contributed by atoms with Crippen molar-refractivity contribution in [1.82, 2.24) is 0 Å². The number of aliphatic hydroxyl groups is 1. The molecule has 0 fully saturated rings. The zero-order valence-corrected chi connectivity index (χ0v) is 13.0. The Labute approximate surface area is 122 Å². The minimum absolute atomic E-state index is 0.461. The van der Waals surface area contributed by atoms with Crippen molar-refractivity contribution < 1.29 is 19.3 Å². The van der Waals surface area contributed by atoms with Gasteiger partial charge < -0.3 is 19.3 Å². The highest BCUT2D eigenvalue weighted by Gasteiger charge is 2.09. The highest BCUT2D eigenvalue weighted by molar-refractivity contribution is 9.10. The van der Waals surface area contributed by atoms with Crippen LogP contribution in [0.1, 0.15) is 25.0 Å². The average molecular weight is 333 g/mol. The van der Waals surface area contributed by atoms with Gasteiger partial charge in [-0.1, -0.05) is 22.0 Å². The summed E-state index contributed by atoms with van der Waals surface area (Å²) >= 11 is 3.39. The number of benzene rings is 1. The minimum Gasteiger partial charge on any atom is -0.491 e. The second kappa shape index (κ2) is 9.31. The van der Waals surface area contributed by atoms with Crippen LogP contribution in [0.5, 0.6) is 5.75 Å². The molecule has 0 aliphatic carbocycles. The molecule has 0 saturated heterocycles. The van der Waals surface area contributed by atoms with Crippen molar-refractivity contribution in [1.29, 1.82) is 0 Å². The van der Waals surface area contributed by atoms with Gasteiger partial charge in [-0.15, -0.1) is 0 Å². The summed E-state index contributed by atoms with van der Waals surface area (Å²) in [6.45, 7) is 4.08. The van der Waals surface area contributed by atoms with E-state index in [9.17, 15) is 5.11 Å². The number of hydrogen-bond donors (Lipinski definition) is 1. The zero-order valence-electron chi connectivity index (χ0n) is 11.4. The van der Waals surface area contributed by atoms with Gasteiger partial charge in [0.15, 0.2) is 0 Å². The number of methoxy groups -OCH3 is 1. The molecule has 0 aliphatic heterocycles. The smallest absolute Gasteiger partial charge is 0.126 e. The highest BCUT2D eigenvalue weighted by atomic mass is 79.9. The number of aliphatic hydroxyl groups excluding tert-OH is 1. The Morgan fingerprint density at radius 2 is 2.00 bits per heavy atom. The number of hydrogen-bond acceptors (Lipinski definition) is 4. The molecule has 0 aliphatic rings. The lowest BCUT2D eigenvalue weighted by molar-refractivity contribution is 0.0795. The van der Waals surface area contributed by atoms with Gasteiger partial charge in [0, 0.05) is 30.4 Å². The Morgan fingerprint density at radius 1 is 1.21 bits per heavy atom. The molecule has 19 heavy (non-hydrogen) atoms. The van der Waals surface area contributed by atoms with E-state index in [2.05, 4.69) is 15.9 Å². The van der Waals surface area contributed by atoms with Gasteiger partial charge in [0.25, 0.3) is 0 Å². The van der Waals surface area contributed by atoms with Gasteiger partial charge in [0.1, 0.15) is 12.4 Å². The molecule has 0 saturated carbocycles. The average Bonchev–Trinajstić information content (AvgIpc) is 2.37. The SMILES string of the molecule is COCCCOCCOc1cc(Br)ccc1[C@@H](C)O. The molecule has 1 atom stereocenters.